The van der Waals surface area contributed by atoms with Crippen molar-refractivity contribution in [3.63, 3.8) is 0 Å². The van der Waals surface area contributed by atoms with Crippen LogP contribution in [0.25, 0.3) is 118 Å². The second-order valence-electron chi connectivity index (χ2n) is 14.9. The van der Waals surface area contributed by atoms with Gasteiger partial charge in [0.1, 0.15) is 6.33 Å². The molecule has 9 aromatic carbocycles. The smallest absolute Gasteiger partial charge is 0.116 e. The van der Waals surface area contributed by atoms with E-state index in [-0.39, 0.29) is 0 Å². The predicted octanol–water partition coefficient (Wildman–Crippen LogP) is 15.9. The number of nitrogens with zero attached hydrogens (tertiary/aromatic N) is 2. The molecule has 58 heavy (non-hydrogen) atoms. The van der Waals surface area contributed by atoms with Gasteiger partial charge in [0.05, 0.1) is 11.2 Å². The molecule has 12 aromatic rings. The molecule has 0 aliphatic heterocycles. The second-order valence-corrected chi connectivity index (χ2v) is 17.0. The zero-order valence-corrected chi connectivity index (χ0v) is 32.8. The van der Waals surface area contributed by atoms with Crippen LogP contribution in [0.15, 0.2) is 194 Å². The van der Waals surface area contributed by atoms with Gasteiger partial charge in [-0.15, -0.1) is 22.7 Å². The Morgan fingerprint density at radius 2 is 0.793 bits per heavy atom. The highest BCUT2D eigenvalue weighted by atomic mass is 32.1. The van der Waals surface area contributed by atoms with Crippen LogP contribution in [0, 0.1) is 0 Å². The van der Waals surface area contributed by atoms with Crippen LogP contribution in [0.5, 0.6) is 0 Å². The predicted molar refractivity (Wildman–Crippen MR) is 250 cm³/mol. The lowest BCUT2D eigenvalue weighted by Gasteiger charge is -2.12. The minimum atomic E-state index is 0.944. The Morgan fingerprint density at radius 1 is 0.310 bits per heavy atom. The van der Waals surface area contributed by atoms with E-state index in [1.54, 1.807) is 6.33 Å². The molecule has 4 heteroatoms. The van der Waals surface area contributed by atoms with E-state index in [1.807, 2.05) is 22.7 Å². The minimum Gasteiger partial charge on any atom is -0.236 e. The fourth-order valence-electron chi connectivity index (χ4n) is 8.79. The Balaban J connectivity index is 0.891. The number of rotatable bonds is 5. The molecule has 0 spiro atoms. The van der Waals surface area contributed by atoms with Gasteiger partial charge in [0.2, 0.25) is 0 Å². The molecule has 0 bridgehead atoms. The van der Waals surface area contributed by atoms with E-state index >= 15 is 0 Å². The summed E-state index contributed by atoms with van der Waals surface area (Å²) in [6.07, 6.45) is 1.71. The Labute approximate surface area is 343 Å². The van der Waals surface area contributed by atoms with Crippen LogP contribution < -0.4 is 0 Å². The van der Waals surface area contributed by atoms with Crippen molar-refractivity contribution in [3.05, 3.63) is 194 Å². The highest BCUT2D eigenvalue weighted by Gasteiger charge is 2.15. The Bertz CT molecular complexity index is 3590. The van der Waals surface area contributed by atoms with E-state index in [1.165, 1.54) is 84.9 Å². The molecule has 0 unspecified atom stereocenters. The number of thiophene rings is 2. The van der Waals surface area contributed by atoms with Gasteiger partial charge in [-0.1, -0.05) is 146 Å². The van der Waals surface area contributed by atoms with E-state index in [4.69, 9.17) is 9.97 Å². The van der Waals surface area contributed by atoms with E-state index in [2.05, 4.69) is 188 Å². The molecule has 0 amide bonds. The average Bonchev–Trinajstić information content (AvgIpc) is 3.87. The summed E-state index contributed by atoms with van der Waals surface area (Å²) in [5.74, 6) is 0. The van der Waals surface area contributed by atoms with Gasteiger partial charge in [-0.3, -0.25) is 0 Å². The molecule has 12 rings (SSSR count). The minimum absolute atomic E-state index is 0.944. The first-order valence-electron chi connectivity index (χ1n) is 19.5. The van der Waals surface area contributed by atoms with Crippen molar-refractivity contribution >= 4 is 84.7 Å². The van der Waals surface area contributed by atoms with Gasteiger partial charge in [0, 0.05) is 56.7 Å². The SMILES string of the molecule is c1cc(-c2cccc(-c3cccc4c3sc3ccccc34)c2)cc(-c2ccc3c(ccc4c(-c5cccc(-c6cccc7c6sc6ccccc67)c5)ncnc43)c2)c1. The summed E-state index contributed by atoms with van der Waals surface area (Å²) >= 11 is 3.74. The molecule has 3 aromatic heterocycles. The first kappa shape index (κ1) is 33.2. The third-order valence-corrected chi connectivity index (χ3v) is 14.0. The monoisotopic (exact) mass is 772 g/mol. The topological polar surface area (TPSA) is 25.8 Å². The number of hydrogen-bond donors (Lipinski definition) is 0. The van der Waals surface area contributed by atoms with Crippen LogP contribution in [0.1, 0.15) is 0 Å². The van der Waals surface area contributed by atoms with Crippen LogP contribution in [-0.2, 0) is 0 Å². The Morgan fingerprint density at radius 3 is 1.43 bits per heavy atom. The fraction of sp³-hybridized carbons (Fsp3) is 0. The normalized spacial score (nSPS) is 11.8. The van der Waals surface area contributed by atoms with Crippen molar-refractivity contribution in [2.75, 3.05) is 0 Å². The largest absolute Gasteiger partial charge is 0.236 e. The first-order chi connectivity index (χ1) is 28.7. The number of hydrogen-bond acceptors (Lipinski definition) is 4. The lowest BCUT2D eigenvalue weighted by atomic mass is 9.94. The molecule has 0 aliphatic rings. The highest BCUT2D eigenvalue weighted by Crippen LogP contribution is 2.43. The van der Waals surface area contributed by atoms with Crippen molar-refractivity contribution in [1.29, 1.82) is 0 Å². The maximum Gasteiger partial charge on any atom is 0.116 e. The van der Waals surface area contributed by atoms with Crippen molar-refractivity contribution in [3.8, 4) is 55.8 Å². The van der Waals surface area contributed by atoms with Gasteiger partial charge in [-0.05, 0) is 92.4 Å². The van der Waals surface area contributed by atoms with Crippen LogP contribution >= 0.6 is 22.7 Å². The van der Waals surface area contributed by atoms with Gasteiger partial charge >= 0.3 is 0 Å². The summed E-state index contributed by atoms with van der Waals surface area (Å²) < 4.78 is 5.29. The third kappa shape index (κ3) is 5.37. The van der Waals surface area contributed by atoms with Crippen LogP contribution in [0.2, 0.25) is 0 Å². The molecule has 0 saturated carbocycles. The van der Waals surface area contributed by atoms with Gasteiger partial charge in [0.15, 0.2) is 0 Å². The molecular weight excluding hydrogens is 741 g/mol. The number of aromatic nitrogens is 2. The molecule has 2 nitrogen and oxygen atoms in total. The Hall–Kier alpha value is -6.98. The van der Waals surface area contributed by atoms with Crippen molar-refractivity contribution in [1.82, 2.24) is 9.97 Å². The molecule has 270 valence electrons. The lowest BCUT2D eigenvalue weighted by molar-refractivity contribution is 1.23. The van der Waals surface area contributed by atoms with Crippen molar-refractivity contribution < 1.29 is 0 Å². The maximum absolute atomic E-state index is 4.86. The van der Waals surface area contributed by atoms with Gasteiger partial charge in [-0.25, -0.2) is 9.97 Å². The maximum atomic E-state index is 4.86. The fourth-order valence-corrected chi connectivity index (χ4v) is 11.3. The van der Waals surface area contributed by atoms with Crippen molar-refractivity contribution in [2.45, 2.75) is 0 Å². The zero-order valence-electron chi connectivity index (χ0n) is 31.2. The standard InChI is InChI=1S/C54H32N2S2/c1-3-22-49-44(16-1)46-20-8-18-42(53(46)57-49)37-13-6-12-35(29-37)33-10-5-11-34(28-33)36-24-26-41-39(30-36)25-27-48-51(55-32-56-52(41)48)40-15-7-14-38(31-40)43-19-9-21-47-45-17-2-4-23-50(45)58-54(43)47/h1-32H. The summed E-state index contributed by atoms with van der Waals surface area (Å²) in [5, 5.41) is 8.59. The molecule has 0 saturated heterocycles. The lowest BCUT2D eigenvalue weighted by Crippen LogP contribution is -1.91. The molecule has 0 N–H and O–H groups in total. The molecule has 3 heterocycles. The molecule has 0 radical (unpaired) electrons. The number of fused-ring (bicyclic) bond motifs is 9. The van der Waals surface area contributed by atoms with Crippen molar-refractivity contribution in [2.24, 2.45) is 0 Å². The summed E-state index contributed by atoms with van der Waals surface area (Å²) in [5.41, 5.74) is 12.7. The third-order valence-electron chi connectivity index (χ3n) is 11.6. The number of benzene rings is 9. The van der Waals surface area contributed by atoms with E-state index < -0.39 is 0 Å². The van der Waals surface area contributed by atoms with Crippen LogP contribution in [-0.4, -0.2) is 9.97 Å². The molecule has 0 aliphatic carbocycles. The Kier molecular flexibility index (Phi) is 7.62. The summed E-state index contributed by atoms with van der Waals surface area (Å²) in [6.45, 7) is 0. The molecular formula is C54H32N2S2. The summed E-state index contributed by atoms with van der Waals surface area (Å²) in [6, 6.07) is 68.6. The quantitative estimate of drug-likeness (QED) is 0.163. The summed E-state index contributed by atoms with van der Waals surface area (Å²) in [4.78, 5) is 9.71. The van der Waals surface area contributed by atoms with E-state index in [0.717, 1.165) is 32.9 Å². The van der Waals surface area contributed by atoms with E-state index in [9.17, 15) is 0 Å². The van der Waals surface area contributed by atoms with Gasteiger partial charge in [0.25, 0.3) is 0 Å². The second kappa shape index (κ2) is 13.3. The molecule has 0 atom stereocenters. The highest BCUT2D eigenvalue weighted by molar-refractivity contribution is 7.26. The zero-order chi connectivity index (χ0) is 38.2. The summed E-state index contributed by atoms with van der Waals surface area (Å²) in [7, 11) is 0. The van der Waals surface area contributed by atoms with Gasteiger partial charge < -0.3 is 0 Å². The van der Waals surface area contributed by atoms with Crippen LogP contribution in [0.4, 0.5) is 0 Å². The first-order valence-corrected chi connectivity index (χ1v) is 21.2. The van der Waals surface area contributed by atoms with E-state index in [0.29, 0.717) is 0 Å². The van der Waals surface area contributed by atoms with Crippen LogP contribution in [0.3, 0.4) is 0 Å². The van der Waals surface area contributed by atoms with Gasteiger partial charge in [-0.2, -0.15) is 0 Å². The average molecular weight is 773 g/mol. The molecule has 0 fully saturated rings.